The maximum Gasteiger partial charge on any atom is 0.160 e. The van der Waals surface area contributed by atoms with Crippen molar-refractivity contribution in [3.8, 4) is 0 Å². The van der Waals surface area contributed by atoms with Gasteiger partial charge in [-0.15, -0.1) is 0 Å². The Morgan fingerprint density at radius 3 is 2.41 bits per heavy atom. The first-order valence-electron chi connectivity index (χ1n) is 5.80. The van der Waals surface area contributed by atoms with Gasteiger partial charge in [0.25, 0.3) is 0 Å². The summed E-state index contributed by atoms with van der Waals surface area (Å²) in [7, 11) is 0. The first-order chi connectivity index (χ1) is 8.33. The Morgan fingerprint density at radius 2 is 1.59 bits per heavy atom. The molecule has 0 fully saturated rings. The summed E-state index contributed by atoms with van der Waals surface area (Å²) in [6.45, 7) is 0. The number of carbonyl (C=O) groups excluding carboxylic acids is 1. The summed E-state index contributed by atoms with van der Waals surface area (Å²) in [5.74, 6) is 0.205. The van der Waals surface area contributed by atoms with E-state index in [-0.39, 0.29) is 5.78 Å². The Balaban J connectivity index is 2.42. The van der Waals surface area contributed by atoms with Gasteiger partial charge in [-0.1, -0.05) is 42.5 Å². The van der Waals surface area contributed by atoms with Crippen LogP contribution in [-0.2, 0) is 11.2 Å². The third-order valence-corrected chi connectivity index (χ3v) is 3.58. The van der Waals surface area contributed by atoms with Crippen LogP contribution in [0.3, 0.4) is 0 Å². The van der Waals surface area contributed by atoms with Crippen molar-refractivity contribution in [2.75, 3.05) is 0 Å². The molecule has 0 unspecified atom stereocenters. The number of hydrogen-bond donors (Lipinski definition) is 0. The predicted octanol–water partition coefficient (Wildman–Crippen LogP) is 2.62. The second-order valence-corrected chi connectivity index (χ2v) is 4.62. The van der Waals surface area contributed by atoms with Crippen molar-refractivity contribution in [3.05, 3.63) is 53.2 Å². The van der Waals surface area contributed by atoms with Gasteiger partial charge >= 0.3 is 0 Å². The van der Waals surface area contributed by atoms with Gasteiger partial charge in [0, 0.05) is 6.42 Å². The molecule has 0 aromatic heterocycles. The quantitative estimate of drug-likeness (QED) is 0.567. The predicted molar refractivity (Wildman–Crippen MR) is 69.8 cm³/mol. The van der Waals surface area contributed by atoms with E-state index < -0.39 is 0 Å². The number of ketones is 1. The highest BCUT2D eigenvalue weighted by Crippen LogP contribution is 2.28. The largest absolute Gasteiger partial charge is 0.294 e. The molecule has 0 amide bonds. The molecule has 1 aliphatic carbocycles. The van der Waals surface area contributed by atoms with Gasteiger partial charge in [0.1, 0.15) is 0 Å². The Hall–Kier alpha value is -2.15. The summed E-state index contributed by atoms with van der Waals surface area (Å²) in [4.78, 5) is 11.6. The van der Waals surface area contributed by atoms with Gasteiger partial charge < -0.3 is 0 Å². The Kier molecular flexibility index (Phi) is 1.55. The summed E-state index contributed by atoms with van der Waals surface area (Å²) in [6, 6.07) is 14.7. The maximum atomic E-state index is 11.6. The zero-order valence-corrected chi connectivity index (χ0v) is 9.23. The van der Waals surface area contributed by atoms with E-state index in [2.05, 4.69) is 42.5 Å². The Morgan fingerprint density at radius 1 is 0.824 bits per heavy atom. The summed E-state index contributed by atoms with van der Waals surface area (Å²) in [6.07, 6.45) is 2.31. The van der Waals surface area contributed by atoms with Crippen LogP contribution in [0.4, 0.5) is 0 Å². The van der Waals surface area contributed by atoms with Crippen molar-refractivity contribution >= 4 is 33.4 Å². The van der Waals surface area contributed by atoms with Crippen LogP contribution in [0.25, 0.3) is 27.6 Å². The minimum atomic E-state index is 0.205. The number of hydrogen-bond acceptors (Lipinski definition) is 1. The summed E-state index contributed by atoms with van der Waals surface area (Å²) < 4.78 is 0. The zero-order valence-electron chi connectivity index (χ0n) is 9.23. The van der Waals surface area contributed by atoms with E-state index in [9.17, 15) is 4.79 Å². The second-order valence-electron chi connectivity index (χ2n) is 4.62. The van der Waals surface area contributed by atoms with Crippen LogP contribution in [0.5, 0.6) is 0 Å². The van der Waals surface area contributed by atoms with Crippen molar-refractivity contribution in [2.24, 2.45) is 0 Å². The standard InChI is InChI=1S/C16H10O/c17-14-8-12-6-4-10-2-1-3-11-5-7-13(9-14)16(12)15(10)11/h1-8H,9H2. The molecule has 0 aliphatic heterocycles. The third kappa shape index (κ3) is 1.11. The SMILES string of the molecule is O=C1C=c2ccc3cccc4ccc(c2c43)C1. The van der Waals surface area contributed by atoms with E-state index in [0.717, 1.165) is 10.8 Å². The van der Waals surface area contributed by atoms with E-state index in [1.54, 1.807) is 6.08 Å². The molecule has 0 radical (unpaired) electrons. The molecule has 4 rings (SSSR count). The van der Waals surface area contributed by atoms with E-state index in [4.69, 9.17) is 0 Å². The first-order valence-corrected chi connectivity index (χ1v) is 5.80. The third-order valence-electron chi connectivity index (χ3n) is 3.58. The molecule has 1 aliphatic rings. The van der Waals surface area contributed by atoms with Crippen LogP contribution < -0.4 is 5.22 Å². The van der Waals surface area contributed by atoms with Crippen LogP contribution in [0.1, 0.15) is 5.56 Å². The molecule has 0 N–H and O–H groups in total. The van der Waals surface area contributed by atoms with E-state index >= 15 is 0 Å². The summed E-state index contributed by atoms with van der Waals surface area (Å²) in [5, 5.41) is 6.14. The van der Waals surface area contributed by atoms with E-state index in [0.29, 0.717) is 6.42 Å². The van der Waals surface area contributed by atoms with Crippen LogP contribution in [0.15, 0.2) is 42.5 Å². The van der Waals surface area contributed by atoms with Crippen molar-refractivity contribution < 1.29 is 4.79 Å². The van der Waals surface area contributed by atoms with Crippen LogP contribution in [0.2, 0.25) is 0 Å². The molecule has 0 bridgehead atoms. The first kappa shape index (κ1) is 8.94. The molecule has 1 heteroatoms. The monoisotopic (exact) mass is 218 g/mol. The summed E-state index contributed by atoms with van der Waals surface area (Å²) >= 11 is 0. The lowest BCUT2D eigenvalue weighted by atomic mass is 9.90. The minimum absolute atomic E-state index is 0.205. The Bertz CT molecular complexity index is 812. The van der Waals surface area contributed by atoms with Gasteiger partial charge in [0.05, 0.1) is 0 Å². The molecule has 0 saturated carbocycles. The van der Waals surface area contributed by atoms with E-state index in [1.165, 1.54) is 21.5 Å². The molecule has 80 valence electrons. The normalized spacial score (nSPS) is 14.2. The van der Waals surface area contributed by atoms with Crippen LogP contribution >= 0.6 is 0 Å². The average Bonchev–Trinajstić information content (AvgIpc) is 2.35. The van der Waals surface area contributed by atoms with Crippen molar-refractivity contribution in [2.45, 2.75) is 6.42 Å². The van der Waals surface area contributed by atoms with E-state index in [1.807, 2.05) is 0 Å². The highest BCUT2D eigenvalue weighted by molar-refractivity contribution is 6.18. The molecule has 1 nitrogen and oxygen atoms in total. The van der Waals surface area contributed by atoms with Gasteiger partial charge in [0.2, 0.25) is 0 Å². The lowest BCUT2D eigenvalue weighted by Gasteiger charge is -2.13. The minimum Gasteiger partial charge on any atom is -0.294 e. The Labute approximate surface area is 98.3 Å². The molecular weight excluding hydrogens is 208 g/mol. The molecule has 0 saturated heterocycles. The van der Waals surface area contributed by atoms with Gasteiger partial charge in [-0.2, -0.15) is 0 Å². The number of Topliss-reactive ketones (excluding diaryl/α,β-unsaturated/α-hetero) is 1. The molecule has 17 heavy (non-hydrogen) atoms. The maximum absolute atomic E-state index is 11.6. The number of rotatable bonds is 0. The summed E-state index contributed by atoms with van der Waals surface area (Å²) in [5.41, 5.74) is 1.16. The molecule has 3 aromatic rings. The molecule has 0 spiro atoms. The van der Waals surface area contributed by atoms with Crippen molar-refractivity contribution in [3.63, 3.8) is 0 Å². The van der Waals surface area contributed by atoms with Gasteiger partial charge in [-0.3, -0.25) is 4.79 Å². The lowest BCUT2D eigenvalue weighted by Crippen LogP contribution is -2.16. The van der Waals surface area contributed by atoms with Crippen molar-refractivity contribution in [1.29, 1.82) is 0 Å². The van der Waals surface area contributed by atoms with Crippen LogP contribution in [-0.4, -0.2) is 5.78 Å². The molecular formula is C16H10O. The number of carbonyl (C=O) groups is 1. The van der Waals surface area contributed by atoms with Gasteiger partial charge in [0.15, 0.2) is 5.78 Å². The molecule has 0 atom stereocenters. The lowest BCUT2D eigenvalue weighted by molar-refractivity contribution is -0.112. The highest BCUT2D eigenvalue weighted by Gasteiger charge is 2.14. The second kappa shape index (κ2) is 2.95. The number of benzene rings is 3. The average molecular weight is 218 g/mol. The topological polar surface area (TPSA) is 17.1 Å². The highest BCUT2D eigenvalue weighted by atomic mass is 16.1. The van der Waals surface area contributed by atoms with Crippen molar-refractivity contribution in [1.82, 2.24) is 0 Å². The zero-order chi connectivity index (χ0) is 11.4. The fourth-order valence-corrected chi connectivity index (χ4v) is 2.86. The smallest absolute Gasteiger partial charge is 0.160 e. The van der Waals surface area contributed by atoms with Gasteiger partial charge in [-0.25, -0.2) is 0 Å². The molecule has 3 aromatic carbocycles. The van der Waals surface area contributed by atoms with Crippen LogP contribution in [0, 0.1) is 0 Å². The fraction of sp³-hybridized carbons (Fsp3) is 0.0625. The fourth-order valence-electron chi connectivity index (χ4n) is 2.86. The van der Waals surface area contributed by atoms with Gasteiger partial charge in [-0.05, 0) is 38.4 Å². The molecule has 0 heterocycles.